The zero-order valence-electron chi connectivity index (χ0n) is 11.7. The summed E-state index contributed by atoms with van der Waals surface area (Å²) in [5, 5.41) is 9.57. The smallest absolute Gasteiger partial charge is 0.225 e. The van der Waals surface area contributed by atoms with Crippen LogP contribution in [0.15, 0.2) is 30.3 Å². The monoisotopic (exact) mass is 274 g/mol. The van der Waals surface area contributed by atoms with E-state index in [4.69, 9.17) is 0 Å². The lowest BCUT2D eigenvalue weighted by atomic mass is 10.0. The van der Waals surface area contributed by atoms with Crippen molar-refractivity contribution in [1.29, 1.82) is 0 Å². The van der Waals surface area contributed by atoms with Crippen molar-refractivity contribution in [3.8, 4) is 0 Å². The van der Waals surface area contributed by atoms with Crippen molar-refractivity contribution in [2.45, 2.75) is 38.0 Å². The van der Waals surface area contributed by atoms with Gasteiger partial charge in [-0.15, -0.1) is 0 Å². The minimum Gasteiger partial charge on any atom is -0.391 e. The Kier molecular flexibility index (Phi) is 4.03. The normalized spacial score (nSPS) is 25.4. The second kappa shape index (κ2) is 5.94. The summed E-state index contributed by atoms with van der Waals surface area (Å²) in [7, 11) is 0. The Morgan fingerprint density at radius 2 is 1.85 bits per heavy atom. The number of likely N-dealkylation sites (tertiary alicyclic amines) is 2. The van der Waals surface area contributed by atoms with Crippen LogP contribution in [-0.2, 0) is 11.3 Å². The van der Waals surface area contributed by atoms with Gasteiger partial charge in [-0.3, -0.25) is 9.69 Å². The molecule has 0 spiro atoms. The van der Waals surface area contributed by atoms with E-state index in [1.54, 1.807) is 0 Å². The van der Waals surface area contributed by atoms with E-state index in [1.165, 1.54) is 5.56 Å². The number of amides is 1. The van der Waals surface area contributed by atoms with Gasteiger partial charge >= 0.3 is 0 Å². The molecule has 2 heterocycles. The Morgan fingerprint density at radius 3 is 2.45 bits per heavy atom. The molecule has 1 aromatic rings. The van der Waals surface area contributed by atoms with Crippen molar-refractivity contribution in [1.82, 2.24) is 9.80 Å². The molecule has 2 aliphatic rings. The molecule has 0 radical (unpaired) electrons. The highest BCUT2D eigenvalue weighted by Crippen LogP contribution is 2.23. The number of nitrogens with zero attached hydrogens (tertiary/aromatic N) is 2. The lowest BCUT2D eigenvalue weighted by Gasteiger charge is -2.36. The van der Waals surface area contributed by atoms with Crippen LogP contribution in [0.3, 0.4) is 0 Å². The summed E-state index contributed by atoms with van der Waals surface area (Å²) in [5.41, 5.74) is 1.35. The number of rotatable bonds is 3. The number of benzene rings is 1. The van der Waals surface area contributed by atoms with Crippen LogP contribution in [0.1, 0.15) is 24.8 Å². The standard InChI is InChI=1S/C16H22N2O2/c19-15-10-16(20)18(12-15)14-6-8-17(9-7-14)11-13-4-2-1-3-5-13/h1-5,14-15,19H,6-12H2/t15-/m0/s1. The van der Waals surface area contributed by atoms with Crippen LogP contribution in [0.4, 0.5) is 0 Å². The molecule has 0 aliphatic carbocycles. The Hall–Kier alpha value is -1.39. The first-order valence-corrected chi connectivity index (χ1v) is 7.46. The lowest BCUT2D eigenvalue weighted by Crippen LogP contribution is -2.45. The lowest BCUT2D eigenvalue weighted by molar-refractivity contribution is -0.130. The number of aliphatic hydroxyl groups excluding tert-OH is 1. The zero-order chi connectivity index (χ0) is 13.9. The second-order valence-electron chi connectivity index (χ2n) is 5.90. The minimum absolute atomic E-state index is 0.124. The first kappa shape index (κ1) is 13.6. The average Bonchev–Trinajstić information content (AvgIpc) is 2.80. The van der Waals surface area contributed by atoms with Crippen molar-refractivity contribution in [2.24, 2.45) is 0 Å². The molecule has 1 amide bonds. The van der Waals surface area contributed by atoms with Crippen molar-refractivity contribution in [3.63, 3.8) is 0 Å². The van der Waals surface area contributed by atoms with Crippen molar-refractivity contribution in [2.75, 3.05) is 19.6 Å². The van der Waals surface area contributed by atoms with Crippen molar-refractivity contribution < 1.29 is 9.90 Å². The molecule has 1 N–H and O–H groups in total. The van der Waals surface area contributed by atoms with Crippen LogP contribution in [0.5, 0.6) is 0 Å². The van der Waals surface area contributed by atoms with Gasteiger partial charge in [-0.2, -0.15) is 0 Å². The van der Waals surface area contributed by atoms with Gasteiger partial charge in [-0.25, -0.2) is 0 Å². The summed E-state index contributed by atoms with van der Waals surface area (Å²) >= 11 is 0. The Balaban J connectivity index is 1.51. The van der Waals surface area contributed by atoms with E-state index in [-0.39, 0.29) is 5.91 Å². The first-order valence-electron chi connectivity index (χ1n) is 7.46. The maximum absolute atomic E-state index is 11.8. The number of β-amino-alcohol motifs (C(OH)–C–C–N with tert-alkyl or cyclic N) is 1. The Morgan fingerprint density at radius 1 is 1.15 bits per heavy atom. The van der Waals surface area contributed by atoms with Crippen LogP contribution in [-0.4, -0.2) is 52.6 Å². The van der Waals surface area contributed by atoms with E-state index in [0.717, 1.165) is 32.5 Å². The third kappa shape index (κ3) is 3.02. The topological polar surface area (TPSA) is 43.8 Å². The predicted octanol–water partition coefficient (Wildman–Crippen LogP) is 1.24. The molecule has 20 heavy (non-hydrogen) atoms. The van der Waals surface area contributed by atoms with Crippen LogP contribution < -0.4 is 0 Å². The fourth-order valence-electron chi connectivity index (χ4n) is 3.30. The quantitative estimate of drug-likeness (QED) is 0.902. The van der Waals surface area contributed by atoms with Gasteiger partial charge in [0, 0.05) is 32.2 Å². The molecule has 0 saturated carbocycles. The molecular formula is C16H22N2O2. The zero-order valence-corrected chi connectivity index (χ0v) is 11.7. The number of hydrogen-bond acceptors (Lipinski definition) is 3. The summed E-state index contributed by atoms with van der Waals surface area (Å²) in [6.07, 6.45) is 1.89. The molecule has 3 rings (SSSR count). The number of aliphatic hydroxyl groups is 1. The number of carbonyl (C=O) groups is 1. The van der Waals surface area contributed by atoms with E-state index in [1.807, 2.05) is 11.0 Å². The Labute approximate surface area is 120 Å². The average molecular weight is 274 g/mol. The van der Waals surface area contributed by atoms with Crippen LogP contribution in [0.2, 0.25) is 0 Å². The van der Waals surface area contributed by atoms with Gasteiger partial charge in [-0.1, -0.05) is 30.3 Å². The molecule has 4 heteroatoms. The fourth-order valence-corrected chi connectivity index (χ4v) is 3.30. The fraction of sp³-hybridized carbons (Fsp3) is 0.562. The molecule has 2 saturated heterocycles. The summed E-state index contributed by atoms with van der Waals surface area (Å²) in [4.78, 5) is 16.1. The third-order valence-electron chi connectivity index (χ3n) is 4.38. The van der Waals surface area contributed by atoms with E-state index in [0.29, 0.717) is 19.0 Å². The molecule has 2 fully saturated rings. The minimum atomic E-state index is -0.454. The van der Waals surface area contributed by atoms with Gasteiger partial charge in [0.25, 0.3) is 0 Å². The Bertz CT molecular complexity index is 455. The van der Waals surface area contributed by atoms with Gasteiger partial charge in [0.1, 0.15) is 0 Å². The van der Waals surface area contributed by atoms with Crippen LogP contribution >= 0.6 is 0 Å². The molecular weight excluding hydrogens is 252 g/mol. The van der Waals surface area contributed by atoms with E-state index in [9.17, 15) is 9.90 Å². The van der Waals surface area contributed by atoms with Gasteiger partial charge in [-0.05, 0) is 18.4 Å². The molecule has 108 valence electrons. The summed E-state index contributed by atoms with van der Waals surface area (Å²) < 4.78 is 0. The molecule has 1 aromatic carbocycles. The van der Waals surface area contributed by atoms with Crippen LogP contribution in [0, 0.1) is 0 Å². The summed E-state index contributed by atoms with van der Waals surface area (Å²) in [5.74, 6) is 0.124. The van der Waals surface area contributed by atoms with Crippen LogP contribution in [0.25, 0.3) is 0 Å². The maximum Gasteiger partial charge on any atom is 0.225 e. The highest BCUT2D eigenvalue weighted by Gasteiger charge is 2.34. The maximum atomic E-state index is 11.8. The van der Waals surface area contributed by atoms with E-state index in [2.05, 4.69) is 29.2 Å². The van der Waals surface area contributed by atoms with Crippen molar-refractivity contribution in [3.05, 3.63) is 35.9 Å². The molecule has 2 aliphatic heterocycles. The SMILES string of the molecule is O=C1C[C@H](O)CN1C1CCN(Cc2ccccc2)CC1. The van der Waals surface area contributed by atoms with Gasteiger partial charge in [0.2, 0.25) is 5.91 Å². The molecule has 0 bridgehead atoms. The number of hydrogen-bond donors (Lipinski definition) is 1. The van der Waals surface area contributed by atoms with Gasteiger partial charge < -0.3 is 10.0 Å². The third-order valence-corrected chi connectivity index (χ3v) is 4.38. The summed E-state index contributed by atoms with van der Waals surface area (Å²) in [6, 6.07) is 10.8. The number of carbonyl (C=O) groups excluding carboxylic acids is 1. The summed E-state index contributed by atoms with van der Waals surface area (Å²) in [6.45, 7) is 3.57. The van der Waals surface area contributed by atoms with Crippen molar-refractivity contribution >= 4 is 5.91 Å². The highest BCUT2D eigenvalue weighted by molar-refractivity contribution is 5.79. The second-order valence-corrected chi connectivity index (χ2v) is 5.90. The molecule has 0 unspecified atom stereocenters. The van der Waals surface area contributed by atoms with E-state index < -0.39 is 6.10 Å². The van der Waals surface area contributed by atoms with E-state index >= 15 is 0 Å². The molecule has 1 atom stereocenters. The van der Waals surface area contributed by atoms with Gasteiger partial charge in [0.05, 0.1) is 12.5 Å². The number of piperidine rings is 1. The first-order chi connectivity index (χ1) is 9.72. The molecule has 4 nitrogen and oxygen atoms in total. The van der Waals surface area contributed by atoms with Gasteiger partial charge in [0.15, 0.2) is 0 Å². The highest BCUT2D eigenvalue weighted by atomic mass is 16.3. The predicted molar refractivity (Wildman–Crippen MR) is 77.1 cm³/mol. The largest absolute Gasteiger partial charge is 0.391 e. The molecule has 0 aromatic heterocycles.